The van der Waals surface area contributed by atoms with E-state index < -0.39 is 0 Å². The molecule has 1 atom stereocenters. The number of piperidine rings is 1. The van der Waals surface area contributed by atoms with Crippen molar-refractivity contribution in [1.82, 2.24) is 5.32 Å². The zero-order chi connectivity index (χ0) is 12.8. The smallest absolute Gasteiger partial charge is 0.176 e. The number of rotatable bonds is 1. The summed E-state index contributed by atoms with van der Waals surface area (Å²) in [5.74, 6) is 0.170. The first-order valence-corrected chi connectivity index (χ1v) is 6.69. The number of aromatic hydroxyl groups is 1. The lowest BCUT2D eigenvalue weighted by atomic mass is 9.93. The first-order chi connectivity index (χ1) is 9.36. The van der Waals surface area contributed by atoms with E-state index >= 15 is 0 Å². The van der Waals surface area contributed by atoms with Gasteiger partial charge in [-0.1, -0.05) is 6.42 Å². The van der Waals surface area contributed by atoms with Gasteiger partial charge in [-0.2, -0.15) is 0 Å². The highest BCUT2D eigenvalue weighted by molar-refractivity contribution is 6.04. The molecule has 1 unspecified atom stereocenters. The van der Waals surface area contributed by atoms with Gasteiger partial charge in [0.25, 0.3) is 0 Å². The van der Waals surface area contributed by atoms with Crippen LogP contribution in [0.4, 0.5) is 0 Å². The quantitative estimate of drug-likeness (QED) is 0.698. The maximum atomic E-state index is 10.2. The molecule has 1 aromatic carbocycles. The number of nitrogens with one attached hydrogen (secondary N) is 1. The predicted octanol–water partition coefficient (Wildman–Crippen LogP) is 3.70. The standard InChI is InChI=1S/C15H15NO3/c17-13-10-5-8-18-14(10)12(9-4-7-19-15(9)13)11-3-1-2-6-16-11/h4-5,7-8,11,16-17H,1-3,6H2. The van der Waals surface area contributed by atoms with Crippen molar-refractivity contribution in [2.24, 2.45) is 0 Å². The number of hydrogen-bond donors (Lipinski definition) is 2. The van der Waals surface area contributed by atoms with Crippen LogP contribution in [0.15, 0.2) is 33.5 Å². The molecule has 3 heterocycles. The van der Waals surface area contributed by atoms with Crippen molar-refractivity contribution in [2.75, 3.05) is 6.54 Å². The highest BCUT2D eigenvalue weighted by Gasteiger charge is 2.25. The fraction of sp³-hybridized carbons (Fsp3) is 0.333. The maximum absolute atomic E-state index is 10.2. The minimum atomic E-state index is 0.170. The molecule has 1 saturated heterocycles. The summed E-state index contributed by atoms with van der Waals surface area (Å²) < 4.78 is 11.1. The van der Waals surface area contributed by atoms with Crippen molar-refractivity contribution < 1.29 is 13.9 Å². The van der Waals surface area contributed by atoms with Gasteiger partial charge in [-0.05, 0) is 31.5 Å². The second-order valence-electron chi connectivity index (χ2n) is 5.09. The molecule has 0 aliphatic carbocycles. The van der Waals surface area contributed by atoms with Gasteiger partial charge in [0.15, 0.2) is 11.3 Å². The van der Waals surface area contributed by atoms with Crippen LogP contribution >= 0.6 is 0 Å². The van der Waals surface area contributed by atoms with Crippen LogP contribution in [-0.4, -0.2) is 11.7 Å². The topological polar surface area (TPSA) is 58.5 Å². The van der Waals surface area contributed by atoms with Crippen LogP contribution in [0.1, 0.15) is 30.9 Å². The molecule has 19 heavy (non-hydrogen) atoms. The molecule has 2 N–H and O–H groups in total. The molecule has 0 spiro atoms. The normalized spacial score (nSPS) is 20.3. The van der Waals surface area contributed by atoms with Gasteiger partial charge in [-0.25, -0.2) is 0 Å². The summed E-state index contributed by atoms with van der Waals surface area (Å²) in [6, 6.07) is 3.96. The maximum Gasteiger partial charge on any atom is 0.176 e. The van der Waals surface area contributed by atoms with E-state index in [0.29, 0.717) is 5.58 Å². The molecule has 1 aliphatic heterocycles. The van der Waals surface area contributed by atoms with E-state index in [0.717, 1.165) is 34.9 Å². The molecule has 4 heteroatoms. The Morgan fingerprint density at radius 1 is 1.05 bits per heavy atom. The SMILES string of the molecule is Oc1c2ccoc2c(C2CCCCN2)c2ccoc12. The summed E-state index contributed by atoms with van der Waals surface area (Å²) in [6.45, 7) is 1.02. The molecule has 0 amide bonds. The summed E-state index contributed by atoms with van der Waals surface area (Å²) in [4.78, 5) is 0. The van der Waals surface area contributed by atoms with E-state index in [4.69, 9.17) is 8.83 Å². The van der Waals surface area contributed by atoms with E-state index in [2.05, 4.69) is 5.32 Å². The van der Waals surface area contributed by atoms with E-state index in [1.165, 1.54) is 12.8 Å². The molecule has 98 valence electrons. The number of furan rings is 2. The Kier molecular flexibility index (Phi) is 2.32. The molecule has 0 saturated carbocycles. The average molecular weight is 257 g/mol. The lowest BCUT2D eigenvalue weighted by molar-refractivity contribution is 0.412. The third-order valence-electron chi connectivity index (χ3n) is 3.99. The van der Waals surface area contributed by atoms with Crippen molar-refractivity contribution >= 4 is 21.9 Å². The summed E-state index contributed by atoms with van der Waals surface area (Å²) in [7, 11) is 0. The van der Waals surface area contributed by atoms with Crippen LogP contribution in [-0.2, 0) is 0 Å². The Balaban J connectivity index is 2.06. The van der Waals surface area contributed by atoms with Crippen LogP contribution < -0.4 is 5.32 Å². The summed E-state index contributed by atoms with van der Waals surface area (Å²) in [5, 5.41) is 15.4. The van der Waals surface area contributed by atoms with E-state index in [-0.39, 0.29) is 11.8 Å². The van der Waals surface area contributed by atoms with Crippen LogP contribution in [0, 0.1) is 0 Å². The van der Waals surface area contributed by atoms with Gasteiger partial charge in [0.2, 0.25) is 0 Å². The molecule has 3 aromatic rings. The van der Waals surface area contributed by atoms with Gasteiger partial charge >= 0.3 is 0 Å². The predicted molar refractivity (Wildman–Crippen MR) is 72.2 cm³/mol. The molecule has 4 nitrogen and oxygen atoms in total. The second kappa shape index (κ2) is 4.03. The Morgan fingerprint density at radius 3 is 2.63 bits per heavy atom. The van der Waals surface area contributed by atoms with Gasteiger partial charge in [0, 0.05) is 17.0 Å². The van der Waals surface area contributed by atoms with Crippen molar-refractivity contribution in [3.8, 4) is 5.75 Å². The number of fused-ring (bicyclic) bond motifs is 2. The first kappa shape index (κ1) is 10.9. The molecule has 2 aromatic heterocycles. The summed E-state index contributed by atoms with van der Waals surface area (Å²) >= 11 is 0. The van der Waals surface area contributed by atoms with Crippen molar-refractivity contribution in [1.29, 1.82) is 0 Å². The van der Waals surface area contributed by atoms with E-state index in [1.54, 1.807) is 18.6 Å². The Morgan fingerprint density at radius 2 is 1.84 bits per heavy atom. The van der Waals surface area contributed by atoms with E-state index in [1.807, 2.05) is 6.07 Å². The first-order valence-electron chi connectivity index (χ1n) is 6.69. The third-order valence-corrected chi connectivity index (χ3v) is 3.99. The van der Waals surface area contributed by atoms with Gasteiger partial charge in [-0.15, -0.1) is 0 Å². The molecular weight excluding hydrogens is 242 g/mol. The minimum absolute atomic E-state index is 0.170. The van der Waals surface area contributed by atoms with Gasteiger partial charge in [-0.3, -0.25) is 0 Å². The fourth-order valence-electron chi connectivity index (χ4n) is 3.10. The molecule has 0 radical (unpaired) electrons. The van der Waals surface area contributed by atoms with Gasteiger partial charge in [0.05, 0.1) is 17.9 Å². The number of phenolic OH excluding ortho intramolecular Hbond substituents is 1. The van der Waals surface area contributed by atoms with Crippen molar-refractivity contribution in [2.45, 2.75) is 25.3 Å². The highest BCUT2D eigenvalue weighted by atomic mass is 16.4. The Bertz CT molecular complexity index is 683. The lowest BCUT2D eigenvalue weighted by Crippen LogP contribution is -2.27. The van der Waals surface area contributed by atoms with Crippen molar-refractivity contribution in [3.05, 3.63) is 30.2 Å². The lowest BCUT2D eigenvalue weighted by Gasteiger charge is -2.24. The second-order valence-corrected chi connectivity index (χ2v) is 5.09. The number of hydrogen-bond acceptors (Lipinski definition) is 4. The van der Waals surface area contributed by atoms with Crippen molar-refractivity contribution in [3.63, 3.8) is 0 Å². The minimum Gasteiger partial charge on any atom is -0.504 e. The monoisotopic (exact) mass is 257 g/mol. The molecule has 1 fully saturated rings. The van der Waals surface area contributed by atoms with Crippen LogP contribution in [0.5, 0.6) is 5.75 Å². The zero-order valence-corrected chi connectivity index (χ0v) is 10.5. The van der Waals surface area contributed by atoms with Gasteiger partial charge < -0.3 is 19.3 Å². The third kappa shape index (κ3) is 1.50. The van der Waals surface area contributed by atoms with Crippen LogP contribution in [0.25, 0.3) is 21.9 Å². The molecule has 1 aliphatic rings. The highest BCUT2D eigenvalue weighted by Crippen LogP contribution is 2.42. The van der Waals surface area contributed by atoms with Crippen LogP contribution in [0.3, 0.4) is 0 Å². The summed E-state index contributed by atoms with van der Waals surface area (Å²) in [5.41, 5.74) is 2.43. The van der Waals surface area contributed by atoms with Gasteiger partial charge in [0.1, 0.15) is 5.58 Å². The molecular formula is C15H15NO3. The Hall–Kier alpha value is -1.94. The average Bonchev–Trinajstić information content (AvgIpc) is 3.09. The zero-order valence-electron chi connectivity index (χ0n) is 10.5. The van der Waals surface area contributed by atoms with E-state index in [9.17, 15) is 5.11 Å². The Labute approximate surface area is 110 Å². The molecule has 4 rings (SSSR count). The van der Waals surface area contributed by atoms with Crippen LogP contribution in [0.2, 0.25) is 0 Å². The summed E-state index contributed by atoms with van der Waals surface area (Å²) in [6.07, 6.45) is 6.75. The number of phenols is 1. The fourth-order valence-corrected chi connectivity index (χ4v) is 3.10. The number of benzene rings is 1. The molecule has 0 bridgehead atoms. The largest absolute Gasteiger partial charge is 0.504 e.